The van der Waals surface area contributed by atoms with Crippen LogP contribution in [0.1, 0.15) is 19.8 Å². The zero-order chi connectivity index (χ0) is 5.54. The van der Waals surface area contributed by atoms with E-state index in [-0.39, 0.29) is 9.76 Å². The van der Waals surface area contributed by atoms with Crippen LogP contribution in [0.4, 0.5) is 0 Å². The Morgan fingerprint density at radius 2 is 2.43 bits per heavy atom. The molecule has 0 aromatic carbocycles. The van der Waals surface area contributed by atoms with Crippen molar-refractivity contribution in [1.82, 2.24) is 0 Å². The van der Waals surface area contributed by atoms with Crippen LogP contribution in [0.2, 0.25) is 6.04 Å². The average Bonchev–Trinajstić information content (AvgIpc) is 1.69. The predicted octanol–water partition coefficient (Wildman–Crippen LogP) is -0.414. The molecule has 3 heteroatoms. The number of unbranched alkanes of at least 4 members (excludes halogenated alkanes) is 1. The van der Waals surface area contributed by atoms with Crippen LogP contribution in [-0.2, 0) is 4.12 Å². The molecule has 0 bridgehead atoms. The molecule has 0 N–H and O–H groups in total. The zero-order valence-electron chi connectivity index (χ0n) is 5.24. The van der Waals surface area contributed by atoms with E-state index in [9.17, 15) is 0 Å². The van der Waals surface area contributed by atoms with Gasteiger partial charge >= 0.3 is 0 Å². The molecular weight excluding hydrogens is 120 g/mol. The van der Waals surface area contributed by atoms with Gasteiger partial charge in [0, 0.05) is 0 Å². The molecule has 0 atom stereocenters. The van der Waals surface area contributed by atoms with Crippen LogP contribution < -0.4 is 0 Å². The van der Waals surface area contributed by atoms with Gasteiger partial charge in [-0.25, -0.2) is 0 Å². The molecule has 0 aromatic heterocycles. The third-order valence-corrected chi connectivity index (χ3v) is 3.37. The fraction of sp³-hybridized carbons (Fsp3) is 1.00. The predicted molar refractivity (Wildman–Crippen MR) is 39.3 cm³/mol. The van der Waals surface area contributed by atoms with Gasteiger partial charge in [-0.15, -0.1) is 0 Å². The smallest absolute Gasteiger partial charge is 0.145 e. The lowest BCUT2D eigenvalue weighted by molar-refractivity contribution is 0.652. The molecular formula is C4H14OSi2. The van der Waals surface area contributed by atoms with Crippen LogP contribution in [-0.4, -0.2) is 20.2 Å². The van der Waals surface area contributed by atoms with Gasteiger partial charge in [-0.05, 0) is 6.04 Å². The summed E-state index contributed by atoms with van der Waals surface area (Å²) in [4.78, 5) is 0. The Kier molecular flexibility index (Phi) is 6.75. The van der Waals surface area contributed by atoms with E-state index in [2.05, 4.69) is 6.92 Å². The molecule has 44 valence electrons. The van der Waals surface area contributed by atoms with E-state index >= 15 is 0 Å². The topological polar surface area (TPSA) is 9.23 Å². The standard InChI is InChI=1S/C4H14OSi2/c1-2-3-4-7-5-6/h2-4,7H2,1,6H3. The summed E-state index contributed by atoms with van der Waals surface area (Å²) in [5, 5.41) is 0. The van der Waals surface area contributed by atoms with Gasteiger partial charge in [0.05, 0.1) is 0 Å². The van der Waals surface area contributed by atoms with Gasteiger partial charge in [0.15, 0.2) is 0 Å². The van der Waals surface area contributed by atoms with E-state index in [0.29, 0.717) is 0 Å². The zero-order valence-corrected chi connectivity index (χ0v) is 8.65. The molecule has 0 aliphatic rings. The molecule has 1 nitrogen and oxygen atoms in total. The summed E-state index contributed by atoms with van der Waals surface area (Å²) in [6.07, 6.45) is 2.71. The van der Waals surface area contributed by atoms with Gasteiger partial charge in [-0.1, -0.05) is 19.8 Å². The average molecular weight is 134 g/mol. The summed E-state index contributed by atoms with van der Waals surface area (Å²) < 4.78 is 5.12. The van der Waals surface area contributed by atoms with Gasteiger partial charge in [-0.2, -0.15) is 0 Å². The SMILES string of the molecule is CCCC[SiH2]O[SiH3]. The second-order valence-corrected chi connectivity index (χ2v) is 5.12. The molecule has 0 heterocycles. The van der Waals surface area contributed by atoms with Crippen molar-refractivity contribution < 1.29 is 4.12 Å². The van der Waals surface area contributed by atoms with Crippen molar-refractivity contribution in [2.45, 2.75) is 25.8 Å². The molecule has 0 aliphatic carbocycles. The maximum atomic E-state index is 5.12. The molecule has 0 saturated carbocycles. The second kappa shape index (κ2) is 6.39. The lowest BCUT2D eigenvalue weighted by Gasteiger charge is -1.92. The largest absolute Gasteiger partial charge is 0.468 e. The summed E-state index contributed by atoms with van der Waals surface area (Å²) in [6.45, 7) is 2.22. The number of hydrogen-bond acceptors (Lipinski definition) is 1. The van der Waals surface area contributed by atoms with Crippen molar-refractivity contribution in [3.05, 3.63) is 0 Å². The highest BCUT2D eigenvalue weighted by atomic mass is 28.3. The van der Waals surface area contributed by atoms with Crippen molar-refractivity contribution in [2.24, 2.45) is 0 Å². The first-order chi connectivity index (χ1) is 3.41. The van der Waals surface area contributed by atoms with Crippen LogP contribution in [0.15, 0.2) is 0 Å². The lowest BCUT2D eigenvalue weighted by Crippen LogP contribution is -1.92. The lowest BCUT2D eigenvalue weighted by atomic mass is 10.4. The van der Waals surface area contributed by atoms with Crippen molar-refractivity contribution in [2.75, 3.05) is 0 Å². The molecule has 0 amide bonds. The summed E-state index contributed by atoms with van der Waals surface area (Å²) >= 11 is 0. The van der Waals surface area contributed by atoms with E-state index in [1.165, 1.54) is 18.9 Å². The maximum Gasteiger partial charge on any atom is 0.145 e. The molecule has 0 fully saturated rings. The molecule has 0 spiro atoms. The van der Waals surface area contributed by atoms with Gasteiger partial charge in [-0.3, -0.25) is 0 Å². The minimum Gasteiger partial charge on any atom is -0.468 e. The molecule has 0 radical (unpaired) electrons. The number of hydrogen-bond donors (Lipinski definition) is 0. The fourth-order valence-electron chi connectivity index (χ4n) is 0.496. The van der Waals surface area contributed by atoms with Crippen LogP contribution >= 0.6 is 0 Å². The highest BCUT2D eigenvalue weighted by molar-refractivity contribution is 6.34. The molecule has 0 unspecified atom stereocenters. The number of rotatable bonds is 4. The van der Waals surface area contributed by atoms with E-state index in [1.807, 2.05) is 0 Å². The third-order valence-electron chi connectivity index (χ3n) is 0.952. The summed E-state index contributed by atoms with van der Waals surface area (Å²) in [5.74, 6) is 0. The normalized spacial score (nSPS) is 11.6. The van der Waals surface area contributed by atoms with E-state index in [4.69, 9.17) is 4.12 Å². The first-order valence-electron chi connectivity index (χ1n) is 2.90. The Morgan fingerprint density at radius 1 is 1.71 bits per heavy atom. The monoisotopic (exact) mass is 134 g/mol. The molecule has 0 rings (SSSR count). The van der Waals surface area contributed by atoms with Crippen molar-refractivity contribution in [3.63, 3.8) is 0 Å². The van der Waals surface area contributed by atoms with Gasteiger partial charge in [0.2, 0.25) is 0 Å². The molecule has 0 aromatic rings. The summed E-state index contributed by atoms with van der Waals surface area (Å²) in [7, 11) is 0.940. The van der Waals surface area contributed by atoms with Crippen molar-refractivity contribution in [3.8, 4) is 0 Å². The highest BCUT2D eigenvalue weighted by Crippen LogP contribution is 1.91. The van der Waals surface area contributed by atoms with Crippen LogP contribution in [0.25, 0.3) is 0 Å². The summed E-state index contributed by atoms with van der Waals surface area (Å²) in [6, 6.07) is 1.39. The Labute approximate surface area is 50.9 Å². The second-order valence-electron chi connectivity index (χ2n) is 1.70. The van der Waals surface area contributed by atoms with E-state index < -0.39 is 0 Å². The molecule has 7 heavy (non-hydrogen) atoms. The van der Waals surface area contributed by atoms with Crippen LogP contribution in [0.3, 0.4) is 0 Å². The first kappa shape index (κ1) is 7.39. The Bertz CT molecular complexity index is 28.9. The molecule has 0 saturated heterocycles. The first-order valence-corrected chi connectivity index (χ1v) is 5.30. The van der Waals surface area contributed by atoms with E-state index in [1.54, 1.807) is 0 Å². The quantitative estimate of drug-likeness (QED) is 0.375. The van der Waals surface area contributed by atoms with Gasteiger partial charge < -0.3 is 4.12 Å². The van der Waals surface area contributed by atoms with Gasteiger partial charge in [0.1, 0.15) is 20.2 Å². The van der Waals surface area contributed by atoms with Crippen molar-refractivity contribution in [1.29, 1.82) is 0 Å². The highest BCUT2D eigenvalue weighted by Gasteiger charge is 1.81. The summed E-state index contributed by atoms with van der Waals surface area (Å²) in [5.41, 5.74) is 0. The fourth-order valence-corrected chi connectivity index (χ4v) is 2.36. The van der Waals surface area contributed by atoms with Crippen LogP contribution in [0.5, 0.6) is 0 Å². The minimum atomic E-state index is -0.0276. The molecule has 0 aliphatic heterocycles. The van der Waals surface area contributed by atoms with E-state index in [0.717, 1.165) is 10.5 Å². The van der Waals surface area contributed by atoms with Crippen molar-refractivity contribution >= 4 is 20.2 Å². The minimum absolute atomic E-state index is 0.0276. The van der Waals surface area contributed by atoms with Gasteiger partial charge in [0.25, 0.3) is 0 Å². The maximum absolute atomic E-state index is 5.12. The van der Waals surface area contributed by atoms with Crippen LogP contribution in [0, 0.1) is 0 Å². The third kappa shape index (κ3) is 6.39. The Morgan fingerprint density at radius 3 is 2.86 bits per heavy atom. The Hall–Kier alpha value is 0.394. The Balaban J connectivity index is 2.45.